The number of likely N-dealkylation sites (N-methyl/N-ethyl adjacent to an activating group) is 1. The van der Waals surface area contributed by atoms with Crippen molar-refractivity contribution in [2.45, 2.75) is 37.8 Å². The van der Waals surface area contributed by atoms with Gasteiger partial charge < -0.3 is 24.7 Å². The van der Waals surface area contributed by atoms with Crippen molar-refractivity contribution in [1.29, 1.82) is 0 Å². The molecule has 1 fully saturated rings. The standard InChI is InChI=1S/C34H39N7O/c1-39(33(42)27-12-6-3-7-13-27)24-28(26-10-4-2-5-11-26)16-21-40-22-17-29(18-23-40)37-34-38-30-14-8-9-15-31(30)41(34)25-32-35-19-20-36-32/h2-15,19-20,28-29H,16-18,21-25H2,1H3,(H,35,36)(H,37,38)/t28-/m0/s1. The maximum absolute atomic E-state index is 13.1. The topological polar surface area (TPSA) is 82.1 Å². The van der Waals surface area contributed by atoms with E-state index >= 15 is 0 Å². The van der Waals surface area contributed by atoms with E-state index in [9.17, 15) is 4.79 Å². The average Bonchev–Trinajstić information content (AvgIpc) is 3.68. The molecule has 216 valence electrons. The van der Waals surface area contributed by atoms with Crippen molar-refractivity contribution in [2.75, 3.05) is 38.5 Å². The summed E-state index contributed by atoms with van der Waals surface area (Å²) >= 11 is 0. The first-order valence-electron chi connectivity index (χ1n) is 14.9. The summed E-state index contributed by atoms with van der Waals surface area (Å²) in [5.41, 5.74) is 4.12. The molecule has 5 aromatic rings. The first kappa shape index (κ1) is 27.7. The molecule has 1 aliphatic rings. The number of anilines is 1. The van der Waals surface area contributed by atoms with Gasteiger partial charge in [0.1, 0.15) is 5.82 Å². The van der Waals surface area contributed by atoms with E-state index < -0.39 is 0 Å². The third-order valence-electron chi connectivity index (χ3n) is 8.36. The fraction of sp³-hybridized carbons (Fsp3) is 0.324. The fourth-order valence-electron chi connectivity index (χ4n) is 6.01. The number of nitrogens with zero attached hydrogens (tertiary/aromatic N) is 5. The highest BCUT2D eigenvalue weighted by Gasteiger charge is 2.24. The van der Waals surface area contributed by atoms with Crippen molar-refractivity contribution < 1.29 is 4.79 Å². The Balaban J connectivity index is 1.06. The quantitative estimate of drug-likeness (QED) is 0.218. The molecule has 0 spiro atoms. The third-order valence-corrected chi connectivity index (χ3v) is 8.36. The molecule has 0 radical (unpaired) electrons. The molecule has 2 N–H and O–H groups in total. The van der Waals surface area contributed by atoms with Crippen molar-refractivity contribution in [1.82, 2.24) is 29.3 Å². The Kier molecular flexibility index (Phi) is 8.61. The van der Waals surface area contributed by atoms with Crippen LogP contribution in [-0.4, -0.2) is 74.5 Å². The number of aromatic amines is 1. The second-order valence-electron chi connectivity index (χ2n) is 11.3. The Bertz CT molecular complexity index is 1560. The van der Waals surface area contributed by atoms with Crippen LogP contribution in [0, 0.1) is 0 Å². The SMILES string of the molecule is CN(C[C@H](CCN1CCC(Nc2nc3ccccc3n2Cc2ncc[nH]2)CC1)c1ccccc1)C(=O)c1ccccc1. The number of amides is 1. The molecular weight excluding hydrogens is 522 g/mol. The highest BCUT2D eigenvalue weighted by Crippen LogP contribution is 2.25. The van der Waals surface area contributed by atoms with Crippen molar-refractivity contribution in [3.63, 3.8) is 0 Å². The summed E-state index contributed by atoms with van der Waals surface area (Å²) in [6.45, 7) is 4.43. The van der Waals surface area contributed by atoms with Crippen LogP contribution in [0.2, 0.25) is 0 Å². The van der Waals surface area contributed by atoms with Crippen LogP contribution in [0.25, 0.3) is 11.0 Å². The lowest BCUT2D eigenvalue weighted by Gasteiger charge is -2.34. The number of carbonyl (C=O) groups excluding carboxylic acids is 1. The van der Waals surface area contributed by atoms with Gasteiger partial charge in [-0.15, -0.1) is 0 Å². The van der Waals surface area contributed by atoms with Gasteiger partial charge in [-0.2, -0.15) is 0 Å². The summed E-state index contributed by atoms with van der Waals surface area (Å²) in [6.07, 6.45) is 6.78. The number of rotatable bonds is 11. The summed E-state index contributed by atoms with van der Waals surface area (Å²) in [6, 6.07) is 28.8. The molecule has 1 saturated heterocycles. The van der Waals surface area contributed by atoms with E-state index in [-0.39, 0.29) is 11.8 Å². The van der Waals surface area contributed by atoms with E-state index in [0.29, 0.717) is 19.1 Å². The Morgan fingerprint density at radius 2 is 1.71 bits per heavy atom. The number of hydrogen-bond acceptors (Lipinski definition) is 5. The number of benzene rings is 3. The van der Waals surface area contributed by atoms with Crippen LogP contribution in [0.4, 0.5) is 5.95 Å². The van der Waals surface area contributed by atoms with Gasteiger partial charge in [-0.3, -0.25) is 4.79 Å². The first-order valence-corrected chi connectivity index (χ1v) is 14.9. The van der Waals surface area contributed by atoms with E-state index in [0.717, 1.165) is 67.3 Å². The Labute approximate surface area is 247 Å². The number of aromatic nitrogens is 4. The maximum atomic E-state index is 13.1. The molecule has 1 amide bonds. The fourth-order valence-corrected chi connectivity index (χ4v) is 6.01. The van der Waals surface area contributed by atoms with Crippen LogP contribution in [0.15, 0.2) is 97.3 Å². The summed E-state index contributed by atoms with van der Waals surface area (Å²) in [7, 11) is 1.92. The molecule has 0 bridgehead atoms. The molecular formula is C34H39N7O. The van der Waals surface area contributed by atoms with Gasteiger partial charge in [-0.05, 0) is 55.6 Å². The van der Waals surface area contributed by atoms with Crippen LogP contribution < -0.4 is 5.32 Å². The molecule has 6 rings (SSSR count). The van der Waals surface area contributed by atoms with Crippen LogP contribution in [-0.2, 0) is 6.54 Å². The van der Waals surface area contributed by atoms with Crippen LogP contribution >= 0.6 is 0 Å². The van der Waals surface area contributed by atoms with Crippen molar-refractivity contribution in [2.24, 2.45) is 0 Å². The zero-order valence-corrected chi connectivity index (χ0v) is 24.2. The number of hydrogen-bond donors (Lipinski definition) is 2. The lowest BCUT2D eigenvalue weighted by atomic mass is 9.94. The van der Waals surface area contributed by atoms with E-state index in [2.05, 4.69) is 73.3 Å². The van der Waals surface area contributed by atoms with Crippen LogP contribution in [0.1, 0.15) is 46.9 Å². The van der Waals surface area contributed by atoms with Gasteiger partial charge in [0.05, 0.1) is 17.6 Å². The van der Waals surface area contributed by atoms with E-state index in [1.807, 2.05) is 54.5 Å². The number of fused-ring (bicyclic) bond motifs is 1. The van der Waals surface area contributed by atoms with E-state index in [4.69, 9.17) is 4.98 Å². The van der Waals surface area contributed by atoms with Gasteiger partial charge in [-0.1, -0.05) is 60.7 Å². The van der Waals surface area contributed by atoms with Gasteiger partial charge in [0.2, 0.25) is 5.95 Å². The number of imidazole rings is 2. The van der Waals surface area contributed by atoms with Gasteiger partial charge in [0.15, 0.2) is 0 Å². The second-order valence-corrected chi connectivity index (χ2v) is 11.3. The highest BCUT2D eigenvalue weighted by atomic mass is 16.2. The van der Waals surface area contributed by atoms with Gasteiger partial charge in [-0.25, -0.2) is 9.97 Å². The predicted molar refractivity (Wildman–Crippen MR) is 168 cm³/mol. The average molecular weight is 562 g/mol. The Morgan fingerprint density at radius 1 is 1.00 bits per heavy atom. The summed E-state index contributed by atoms with van der Waals surface area (Å²) in [5, 5.41) is 3.76. The molecule has 3 heterocycles. The Hall–Kier alpha value is -4.43. The van der Waals surface area contributed by atoms with E-state index in [1.54, 1.807) is 6.20 Å². The monoisotopic (exact) mass is 561 g/mol. The highest BCUT2D eigenvalue weighted by molar-refractivity contribution is 5.94. The van der Waals surface area contributed by atoms with Crippen molar-refractivity contribution >= 4 is 22.9 Å². The smallest absolute Gasteiger partial charge is 0.253 e. The minimum Gasteiger partial charge on any atom is -0.353 e. The van der Waals surface area contributed by atoms with Gasteiger partial charge in [0.25, 0.3) is 5.91 Å². The summed E-state index contributed by atoms with van der Waals surface area (Å²) in [4.78, 5) is 30.1. The lowest BCUT2D eigenvalue weighted by molar-refractivity contribution is 0.0782. The van der Waals surface area contributed by atoms with Crippen molar-refractivity contribution in [3.8, 4) is 0 Å². The minimum atomic E-state index is 0.0708. The van der Waals surface area contributed by atoms with Gasteiger partial charge >= 0.3 is 0 Å². The third kappa shape index (κ3) is 6.55. The Morgan fingerprint density at radius 3 is 2.45 bits per heavy atom. The molecule has 0 aliphatic carbocycles. The largest absolute Gasteiger partial charge is 0.353 e. The number of carbonyl (C=O) groups is 1. The van der Waals surface area contributed by atoms with Crippen LogP contribution in [0.3, 0.4) is 0 Å². The van der Waals surface area contributed by atoms with Gasteiger partial charge in [0, 0.05) is 56.6 Å². The second kappa shape index (κ2) is 13.0. The molecule has 42 heavy (non-hydrogen) atoms. The molecule has 0 unspecified atom stereocenters. The first-order chi connectivity index (χ1) is 20.6. The van der Waals surface area contributed by atoms with Crippen molar-refractivity contribution in [3.05, 3.63) is 114 Å². The molecule has 8 heteroatoms. The zero-order chi connectivity index (χ0) is 28.7. The number of H-pyrrole nitrogens is 1. The number of piperidine rings is 1. The number of para-hydroxylation sites is 2. The number of likely N-dealkylation sites (tertiary alicyclic amines) is 1. The summed E-state index contributed by atoms with van der Waals surface area (Å²) in [5.74, 6) is 2.17. The summed E-state index contributed by atoms with van der Waals surface area (Å²) < 4.78 is 2.22. The molecule has 8 nitrogen and oxygen atoms in total. The molecule has 3 aromatic carbocycles. The lowest BCUT2D eigenvalue weighted by Crippen LogP contribution is -2.40. The maximum Gasteiger partial charge on any atom is 0.253 e. The predicted octanol–water partition coefficient (Wildman–Crippen LogP) is 5.63. The normalized spacial score (nSPS) is 15.1. The minimum absolute atomic E-state index is 0.0708. The van der Waals surface area contributed by atoms with Crippen LogP contribution in [0.5, 0.6) is 0 Å². The number of nitrogens with one attached hydrogen (secondary N) is 2. The van der Waals surface area contributed by atoms with E-state index in [1.165, 1.54) is 5.56 Å². The zero-order valence-electron chi connectivity index (χ0n) is 24.2. The molecule has 1 aliphatic heterocycles. The molecule has 2 aromatic heterocycles. The molecule has 0 saturated carbocycles. The molecule has 1 atom stereocenters.